The van der Waals surface area contributed by atoms with Crippen molar-refractivity contribution in [1.29, 1.82) is 0 Å². The molecule has 0 saturated carbocycles. The van der Waals surface area contributed by atoms with Crippen molar-refractivity contribution in [2.45, 2.75) is 12.5 Å². The van der Waals surface area contributed by atoms with Gasteiger partial charge in [0.25, 0.3) is 0 Å². The lowest BCUT2D eigenvalue weighted by Crippen LogP contribution is -2.30. The van der Waals surface area contributed by atoms with E-state index in [0.29, 0.717) is 6.42 Å². The fraction of sp³-hybridized carbons (Fsp3) is 0.273. The molecule has 0 fully saturated rings. The van der Waals surface area contributed by atoms with Crippen LogP contribution in [0.25, 0.3) is 0 Å². The SMILES string of the molecule is Cn1ncnc1CC(NN)c1cccc(Br)c1. The number of nitrogens with two attached hydrogens (primary N) is 1. The van der Waals surface area contributed by atoms with E-state index in [1.807, 2.05) is 31.3 Å². The molecule has 2 aromatic rings. The first-order chi connectivity index (χ1) is 8.20. The Morgan fingerprint density at radius 1 is 1.53 bits per heavy atom. The van der Waals surface area contributed by atoms with Crippen molar-refractivity contribution in [2.75, 3.05) is 0 Å². The highest BCUT2D eigenvalue weighted by molar-refractivity contribution is 9.10. The standard InChI is InChI=1S/C11H14BrN5/c1-17-11(14-7-15-17)6-10(16-13)8-3-2-4-9(12)5-8/h2-5,7,10,16H,6,13H2,1H3. The first-order valence-electron chi connectivity index (χ1n) is 5.25. The molecule has 1 unspecified atom stereocenters. The highest BCUT2D eigenvalue weighted by atomic mass is 79.9. The fourth-order valence-electron chi connectivity index (χ4n) is 1.68. The quantitative estimate of drug-likeness (QED) is 0.659. The summed E-state index contributed by atoms with van der Waals surface area (Å²) >= 11 is 3.45. The van der Waals surface area contributed by atoms with Gasteiger partial charge in [-0.05, 0) is 17.7 Å². The number of hydrogen-bond donors (Lipinski definition) is 2. The average Bonchev–Trinajstić information content (AvgIpc) is 2.71. The van der Waals surface area contributed by atoms with Crippen LogP contribution in [0.2, 0.25) is 0 Å². The van der Waals surface area contributed by atoms with Crippen LogP contribution in [0.5, 0.6) is 0 Å². The van der Waals surface area contributed by atoms with Crippen LogP contribution < -0.4 is 11.3 Å². The molecule has 1 atom stereocenters. The number of benzene rings is 1. The molecule has 0 spiro atoms. The molecule has 6 heteroatoms. The minimum atomic E-state index is 0.0235. The Hall–Kier alpha value is -1.24. The molecule has 0 saturated heterocycles. The summed E-state index contributed by atoms with van der Waals surface area (Å²) in [4.78, 5) is 4.20. The largest absolute Gasteiger partial charge is 0.271 e. The average molecular weight is 296 g/mol. The monoisotopic (exact) mass is 295 g/mol. The second-order valence-corrected chi connectivity index (χ2v) is 4.69. The van der Waals surface area contributed by atoms with Crippen molar-refractivity contribution < 1.29 is 0 Å². The summed E-state index contributed by atoms with van der Waals surface area (Å²) < 4.78 is 2.79. The maximum atomic E-state index is 5.60. The van der Waals surface area contributed by atoms with Crippen molar-refractivity contribution in [3.8, 4) is 0 Å². The number of aromatic nitrogens is 3. The molecule has 90 valence electrons. The summed E-state index contributed by atoms with van der Waals surface area (Å²) in [7, 11) is 1.87. The van der Waals surface area contributed by atoms with Crippen LogP contribution >= 0.6 is 15.9 Å². The van der Waals surface area contributed by atoms with Crippen molar-refractivity contribution in [1.82, 2.24) is 20.2 Å². The van der Waals surface area contributed by atoms with Crippen molar-refractivity contribution >= 4 is 15.9 Å². The Balaban J connectivity index is 2.20. The van der Waals surface area contributed by atoms with E-state index in [9.17, 15) is 0 Å². The van der Waals surface area contributed by atoms with E-state index >= 15 is 0 Å². The molecule has 0 aliphatic carbocycles. The highest BCUT2D eigenvalue weighted by Crippen LogP contribution is 2.20. The smallest absolute Gasteiger partial charge is 0.138 e. The zero-order valence-corrected chi connectivity index (χ0v) is 11.1. The highest BCUT2D eigenvalue weighted by Gasteiger charge is 2.13. The Labute approximate surface area is 108 Å². The van der Waals surface area contributed by atoms with Crippen LogP contribution in [-0.2, 0) is 13.5 Å². The molecule has 1 aromatic heterocycles. The van der Waals surface area contributed by atoms with E-state index in [2.05, 4.69) is 31.4 Å². The number of nitrogens with zero attached hydrogens (tertiary/aromatic N) is 3. The van der Waals surface area contributed by atoms with E-state index in [4.69, 9.17) is 5.84 Å². The van der Waals surface area contributed by atoms with Crippen molar-refractivity contribution in [3.05, 3.63) is 46.5 Å². The van der Waals surface area contributed by atoms with Gasteiger partial charge in [0, 0.05) is 17.9 Å². The van der Waals surface area contributed by atoms with Crippen LogP contribution in [-0.4, -0.2) is 14.8 Å². The molecule has 17 heavy (non-hydrogen) atoms. The molecule has 1 aromatic carbocycles. The predicted octanol–water partition coefficient (Wildman–Crippen LogP) is 1.32. The first kappa shape index (κ1) is 12.2. The topological polar surface area (TPSA) is 68.8 Å². The third-order valence-corrected chi connectivity index (χ3v) is 3.14. The van der Waals surface area contributed by atoms with Crippen LogP contribution in [0.15, 0.2) is 35.1 Å². The van der Waals surface area contributed by atoms with E-state index in [1.165, 1.54) is 0 Å². The Bertz CT molecular complexity index is 496. The van der Waals surface area contributed by atoms with Crippen molar-refractivity contribution in [3.63, 3.8) is 0 Å². The number of rotatable bonds is 4. The molecule has 0 radical (unpaired) electrons. The number of hydrogen-bond acceptors (Lipinski definition) is 4. The molecule has 0 amide bonds. The number of nitrogens with one attached hydrogen (secondary N) is 1. The summed E-state index contributed by atoms with van der Waals surface area (Å²) in [5.74, 6) is 6.50. The van der Waals surface area contributed by atoms with Crippen LogP contribution in [0.4, 0.5) is 0 Å². The molecule has 2 rings (SSSR count). The summed E-state index contributed by atoms with van der Waals surface area (Å²) in [6, 6.07) is 8.07. The maximum absolute atomic E-state index is 5.60. The Morgan fingerprint density at radius 3 is 2.94 bits per heavy atom. The van der Waals surface area contributed by atoms with Gasteiger partial charge in [0.15, 0.2) is 0 Å². The van der Waals surface area contributed by atoms with Gasteiger partial charge in [-0.15, -0.1) is 0 Å². The second kappa shape index (κ2) is 5.39. The van der Waals surface area contributed by atoms with E-state index in [1.54, 1.807) is 11.0 Å². The zero-order chi connectivity index (χ0) is 12.3. The van der Waals surface area contributed by atoms with Crippen LogP contribution in [0, 0.1) is 0 Å². The zero-order valence-electron chi connectivity index (χ0n) is 9.47. The number of hydrazine groups is 1. The third kappa shape index (κ3) is 2.91. The van der Waals surface area contributed by atoms with Gasteiger partial charge < -0.3 is 0 Å². The summed E-state index contributed by atoms with van der Waals surface area (Å²) in [5, 5.41) is 4.04. The molecule has 5 nitrogen and oxygen atoms in total. The molecular formula is C11H14BrN5. The molecule has 0 bridgehead atoms. The van der Waals surface area contributed by atoms with Gasteiger partial charge in [0.2, 0.25) is 0 Å². The van der Waals surface area contributed by atoms with Crippen LogP contribution in [0.1, 0.15) is 17.4 Å². The van der Waals surface area contributed by atoms with Crippen LogP contribution in [0.3, 0.4) is 0 Å². The lowest BCUT2D eigenvalue weighted by Gasteiger charge is -2.15. The fourth-order valence-corrected chi connectivity index (χ4v) is 2.10. The van der Waals surface area contributed by atoms with Gasteiger partial charge in [0.1, 0.15) is 12.2 Å². The van der Waals surface area contributed by atoms with E-state index in [-0.39, 0.29) is 6.04 Å². The van der Waals surface area contributed by atoms with Gasteiger partial charge >= 0.3 is 0 Å². The minimum absolute atomic E-state index is 0.0235. The minimum Gasteiger partial charge on any atom is -0.271 e. The van der Waals surface area contributed by atoms with Gasteiger partial charge in [-0.2, -0.15) is 5.10 Å². The summed E-state index contributed by atoms with van der Waals surface area (Å²) in [5.41, 5.74) is 3.92. The lowest BCUT2D eigenvalue weighted by atomic mass is 10.0. The molecular weight excluding hydrogens is 282 g/mol. The maximum Gasteiger partial charge on any atom is 0.138 e. The van der Waals surface area contributed by atoms with Crippen molar-refractivity contribution in [2.24, 2.45) is 12.9 Å². The third-order valence-electron chi connectivity index (χ3n) is 2.64. The van der Waals surface area contributed by atoms with Gasteiger partial charge in [0.05, 0.1) is 6.04 Å². The Kier molecular flexibility index (Phi) is 3.88. The van der Waals surface area contributed by atoms with Gasteiger partial charge in [-0.1, -0.05) is 28.1 Å². The summed E-state index contributed by atoms with van der Waals surface area (Å²) in [6.07, 6.45) is 2.24. The van der Waals surface area contributed by atoms with E-state index in [0.717, 1.165) is 15.9 Å². The molecule has 3 N–H and O–H groups in total. The van der Waals surface area contributed by atoms with Gasteiger partial charge in [-0.25, -0.2) is 4.98 Å². The first-order valence-corrected chi connectivity index (χ1v) is 6.04. The molecule has 0 aliphatic heterocycles. The normalized spacial score (nSPS) is 12.6. The Morgan fingerprint density at radius 2 is 2.35 bits per heavy atom. The second-order valence-electron chi connectivity index (χ2n) is 3.78. The summed E-state index contributed by atoms with van der Waals surface area (Å²) in [6.45, 7) is 0. The molecule has 1 heterocycles. The molecule has 0 aliphatic rings. The number of halogens is 1. The van der Waals surface area contributed by atoms with Gasteiger partial charge in [-0.3, -0.25) is 16.0 Å². The van der Waals surface area contributed by atoms with E-state index < -0.39 is 0 Å². The predicted molar refractivity (Wildman–Crippen MR) is 68.9 cm³/mol. The lowest BCUT2D eigenvalue weighted by molar-refractivity contribution is 0.523. The number of aryl methyl sites for hydroxylation is 1.